The average Bonchev–Trinajstić information content (AvgIpc) is 2.48. The molecule has 0 unspecified atom stereocenters. The summed E-state index contributed by atoms with van der Waals surface area (Å²) in [7, 11) is 1.69. The van der Waals surface area contributed by atoms with Crippen LogP contribution >= 0.6 is 11.6 Å². The van der Waals surface area contributed by atoms with Gasteiger partial charge in [0.2, 0.25) is 0 Å². The molecule has 0 heterocycles. The zero-order chi connectivity index (χ0) is 14.4. The Morgan fingerprint density at radius 3 is 2.50 bits per heavy atom. The van der Waals surface area contributed by atoms with Crippen LogP contribution in [0.25, 0.3) is 11.1 Å². The Bertz CT molecular complexity index is 551. The van der Waals surface area contributed by atoms with Gasteiger partial charge < -0.3 is 10.1 Å². The van der Waals surface area contributed by atoms with Crippen molar-refractivity contribution in [3.05, 3.63) is 53.1 Å². The fourth-order valence-corrected chi connectivity index (χ4v) is 2.28. The van der Waals surface area contributed by atoms with Crippen molar-refractivity contribution in [1.82, 2.24) is 5.32 Å². The highest BCUT2D eigenvalue weighted by atomic mass is 35.5. The summed E-state index contributed by atoms with van der Waals surface area (Å²) in [5, 5.41) is 4.20. The number of hydrogen-bond donors (Lipinski definition) is 1. The molecule has 0 saturated carbocycles. The maximum Gasteiger partial charge on any atom is 0.119 e. The van der Waals surface area contributed by atoms with E-state index in [0.29, 0.717) is 0 Å². The Labute approximate surface area is 125 Å². The van der Waals surface area contributed by atoms with Crippen LogP contribution in [0.2, 0.25) is 5.02 Å². The second kappa shape index (κ2) is 7.32. The number of halogens is 1. The van der Waals surface area contributed by atoms with Gasteiger partial charge in [-0.1, -0.05) is 36.7 Å². The lowest BCUT2D eigenvalue weighted by Crippen LogP contribution is -2.14. The quantitative estimate of drug-likeness (QED) is 0.790. The number of rotatable bonds is 6. The van der Waals surface area contributed by atoms with Crippen molar-refractivity contribution in [2.24, 2.45) is 0 Å². The van der Waals surface area contributed by atoms with E-state index in [1.54, 1.807) is 7.11 Å². The molecule has 2 rings (SSSR count). The third-order valence-electron chi connectivity index (χ3n) is 3.21. The van der Waals surface area contributed by atoms with Crippen LogP contribution in [0.3, 0.4) is 0 Å². The smallest absolute Gasteiger partial charge is 0.119 e. The maximum absolute atomic E-state index is 5.96. The fourth-order valence-electron chi connectivity index (χ4n) is 2.15. The maximum atomic E-state index is 5.96. The predicted octanol–water partition coefficient (Wildman–Crippen LogP) is 4.52. The number of nitrogens with one attached hydrogen (secondary N) is 1. The summed E-state index contributed by atoms with van der Waals surface area (Å²) in [6, 6.07) is 14.1. The predicted molar refractivity (Wildman–Crippen MR) is 85.4 cm³/mol. The summed E-state index contributed by atoms with van der Waals surface area (Å²) in [6.45, 7) is 4.01. The molecule has 20 heavy (non-hydrogen) atoms. The van der Waals surface area contributed by atoms with Crippen molar-refractivity contribution < 1.29 is 4.74 Å². The number of methoxy groups -OCH3 is 1. The van der Waals surface area contributed by atoms with Gasteiger partial charge in [0.25, 0.3) is 0 Å². The lowest BCUT2D eigenvalue weighted by Gasteiger charge is -2.12. The molecule has 1 N–H and O–H groups in total. The van der Waals surface area contributed by atoms with Crippen LogP contribution in [0.1, 0.15) is 18.9 Å². The molecule has 2 aromatic rings. The minimum Gasteiger partial charge on any atom is -0.497 e. The monoisotopic (exact) mass is 289 g/mol. The van der Waals surface area contributed by atoms with Gasteiger partial charge in [-0.15, -0.1) is 0 Å². The molecule has 0 aliphatic heterocycles. The second-order valence-electron chi connectivity index (χ2n) is 4.71. The molecule has 3 heteroatoms. The third kappa shape index (κ3) is 3.75. The molecular weight excluding hydrogens is 270 g/mol. The molecule has 0 amide bonds. The molecule has 106 valence electrons. The Morgan fingerprint density at radius 2 is 1.85 bits per heavy atom. The number of benzene rings is 2. The first-order valence-electron chi connectivity index (χ1n) is 6.88. The standard InChI is InChI=1S/C17H20ClNO/c1-3-10-19-12-14-11-16(20-2)8-9-17(14)13-4-6-15(18)7-5-13/h4-9,11,19H,3,10,12H2,1-2H3. The van der Waals surface area contributed by atoms with E-state index >= 15 is 0 Å². The van der Waals surface area contributed by atoms with Crippen molar-refractivity contribution in [3.63, 3.8) is 0 Å². The Kier molecular flexibility index (Phi) is 5.45. The Morgan fingerprint density at radius 1 is 1.10 bits per heavy atom. The summed E-state index contributed by atoms with van der Waals surface area (Å²) < 4.78 is 5.32. The van der Waals surface area contributed by atoms with Crippen LogP contribution in [0.4, 0.5) is 0 Å². The Hall–Kier alpha value is -1.51. The molecule has 0 atom stereocenters. The molecule has 0 aliphatic carbocycles. The van der Waals surface area contributed by atoms with E-state index in [2.05, 4.69) is 24.4 Å². The highest BCUT2D eigenvalue weighted by molar-refractivity contribution is 6.30. The van der Waals surface area contributed by atoms with Crippen LogP contribution in [0, 0.1) is 0 Å². The fraction of sp³-hybridized carbons (Fsp3) is 0.294. The lowest BCUT2D eigenvalue weighted by atomic mass is 9.99. The van der Waals surface area contributed by atoms with Crippen LogP contribution in [0.15, 0.2) is 42.5 Å². The van der Waals surface area contributed by atoms with Crippen molar-refractivity contribution in [2.45, 2.75) is 19.9 Å². The minimum atomic E-state index is 0.757. The van der Waals surface area contributed by atoms with Gasteiger partial charge >= 0.3 is 0 Å². The molecule has 0 aliphatic rings. The van der Waals surface area contributed by atoms with E-state index in [4.69, 9.17) is 16.3 Å². The van der Waals surface area contributed by atoms with Crippen LogP contribution in [-0.4, -0.2) is 13.7 Å². The van der Waals surface area contributed by atoms with E-state index in [0.717, 1.165) is 30.3 Å². The molecular formula is C17H20ClNO. The molecule has 0 aromatic heterocycles. The van der Waals surface area contributed by atoms with Crippen LogP contribution < -0.4 is 10.1 Å². The molecule has 0 spiro atoms. The Balaban J connectivity index is 2.32. The molecule has 2 aromatic carbocycles. The minimum absolute atomic E-state index is 0.757. The summed E-state index contributed by atoms with van der Waals surface area (Å²) in [5.41, 5.74) is 3.62. The molecule has 0 fully saturated rings. The van der Waals surface area contributed by atoms with E-state index in [-0.39, 0.29) is 0 Å². The van der Waals surface area contributed by atoms with Gasteiger partial charge in [0, 0.05) is 11.6 Å². The van der Waals surface area contributed by atoms with Gasteiger partial charge in [0.1, 0.15) is 5.75 Å². The SMILES string of the molecule is CCCNCc1cc(OC)ccc1-c1ccc(Cl)cc1. The van der Waals surface area contributed by atoms with Crippen molar-refractivity contribution in [2.75, 3.05) is 13.7 Å². The first kappa shape index (κ1) is 14.9. The number of ether oxygens (including phenoxy) is 1. The first-order valence-corrected chi connectivity index (χ1v) is 7.26. The molecule has 0 saturated heterocycles. The van der Waals surface area contributed by atoms with E-state index in [1.807, 2.05) is 30.3 Å². The second-order valence-corrected chi connectivity index (χ2v) is 5.14. The van der Waals surface area contributed by atoms with Gasteiger partial charge in [-0.2, -0.15) is 0 Å². The zero-order valence-corrected chi connectivity index (χ0v) is 12.7. The van der Waals surface area contributed by atoms with Gasteiger partial charge in [-0.25, -0.2) is 0 Å². The largest absolute Gasteiger partial charge is 0.497 e. The normalized spacial score (nSPS) is 10.6. The van der Waals surface area contributed by atoms with E-state index in [1.165, 1.54) is 16.7 Å². The summed E-state index contributed by atoms with van der Waals surface area (Å²) in [4.78, 5) is 0. The topological polar surface area (TPSA) is 21.3 Å². The van der Waals surface area contributed by atoms with Gasteiger partial charge in [0.05, 0.1) is 7.11 Å². The highest BCUT2D eigenvalue weighted by Gasteiger charge is 2.07. The van der Waals surface area contributed by atoms with Gasteiger partial charge in [-0.05, 0) is 53.9 Å². The van der Waals surface area contributed by atoms with E-state index < -0.39 is 0 Å². The molecule has 2 nitrogen and oxygen atoms in total. The lowest BCUT2D eigenvalue weighted by molar-refractivity contribution is 0.414. The van der Waals surface area contributed by atoms with Gasteiger partial charge in [0.15, 0.2) is 0 Å². The first-order chi connectivity index (χ1) is 9.74. The van der Waals surface area contributed by atoms with E-state index in [9.17, 15) is 0 Å². The van der Waals surface area contributed by atoms with Crippen LogP contribution in [0.5, 0.6) is 5.75 Å². The van der Waals surface area contributed by atoms with Gasteiger partial charge in [-0.3, -0.25) is 0 Å². The molecule has 0 radical (unpaired) electrons. The summed E-state index contributed by atoms with van der Waals surface area (Å²) in [5.74, 6) is 0.885. The molecule has 0 bridgehead atoms. The average molecular weight is 290 g/mol. The van der Waals surface area contributed by atoms with Crippen molar-refractivity contribution in [3.8, 4) is 16.9 Å². The summed E-state index contributed by atoms with van der Waals surface area (Å²) >= 11 is 5.96. The van der Waals surface area contributed by atoms with Crippen molar-refractivity contribution in [1.29, 1.82) is 0 Å². The zero-order valence-electron chi connectivity index (χ0n) is 11.9. The van der Waals surface area contributed by atoms with Crippen LogP contribution in [-0.2, 0) is 6.54 Å². The number of hydrogen-bond acceptors (Lipinski definition) is 2. The van der Waals surface area contributed by atoms with Crippen molar-refractivity contribution >= 4 is 11.6 Å². The summed E-state index contributed by atoms with van der Waals surface area (Å²) in [6.07, 6.45) is 1.13. The highest BCUT2D eigenvalue weighted by Crippen LogP contribution is 2.28. The third-order valence-corrected chi connectivity index (χ3v) is 3.46.